The fourth-order valence-corrected chi connectivity index (χ4v) is 0.582. The van der Waals surface area contributed by atoms with Gasteiger partial charge in [0.1, 0.15) is 0 Å². The smallest absolute Gasteiger partial charge is 0.449 e. The maximum Gasteiger partial charge on any atom is 0.516 e. The van der Waals surface area contributed by atoms with Crippen LogP contribution < -0.4 is 5.32 Å². The molecule has 0 aromatic carbocycles. The standard InChI is InChI=1S/C4H5NO2.C2H2O5/c6-3-1-2-4(7)5-3;3-1(4)7-2(5)6/h1-2H2,(H,5,6,7);(H,3,4)(H,5,6). The summed E-state index contributed by atoms with van der Waals surface area (Å²) in [6.45, 7) is 0. The van der Waals surface area contributed by atoms with Crippen molar-refractivity contribution in [2.45, 2.75) is 12.8 Å². The van der Waals surface area contributed by atoms with Crippen LogP contribution in [0, 0.1) is 0 Å². The third-order valence-electron chi connectivity index (χ3n) is 1.03. The quantitative estimate of drug-likeness (QED) is 0.283. The third kappa shape index (κ3) is 6.58. The van der Waals surface area contributed by atoms with Crippen molar-refractivity contribution in [3.63, 3.8) is 0 Å². The van der Waals surface area contributed by atoms with Gasteiger partial charge in [-0.25, -0.2) is 9.59 Å². The lowest BCUT2D eigenvalue weighted by atomic mass is 10.4. The molecule has 8 nitrogen and oxygen atoms in total. The molecule has 2 amide bonds. The predicted molar refractivity (Wildman–Crippen MR) is 39.5 cm³/mol. The summed E-state index contributed by atoms with van der Waals surface area (Å²) in [7, 11) is 0. The molecule has 1 aliphatic rings. The molecule has 0 atom stereocenters. The number of nitrogens with one attached hydrogen (secondary N) is 1. The molecule has 0 aliphatic carbocycles. The van der Waals surface area contributed by atoms with E-state index in [1.807, 2.05) is 0 Å². The number of carbonyl (C=O) groups is 4. The third-order valence-corrected chi connectivity index (χ3v) is 1.03. The summed E-state index contributed by atoms with van der Waals surface area (Å²) >= 11 is 0. The molecule has 0 bridgehead atoms. The molecule has 0 spiro atoms. The summed E-state index contributed by atoms with van der Waals surface area (Å²) in [6.07, 6.45) is -2.88. The van der Waals surface area contributed by atoms with Gasteiger partial charge in [0.2, 0.25) is 11.8 Å². The second-order valence-electron chi connectivity index (χ2n) is 2.11. The number of carboxylic acid groups (broad SMARTS) is 2. The van der Waals surface area contributed by atoms with Crippen LogP contribution in [-0.2, 0) is 14.3 Å². The number of rotatable bonds is 0. The van der Waals surface area contributed by atoms with Gasteiger partial charge < -0.3 is 14.9 Å². The average molecular weight is 205 g/mol. The van der Waals surface area contributed by atoms with Crippen molar-refractivity contribution in [3.05, 3.63) is 0 Å². The minimum atomic E-state index is -1.81. The van der Waals surface area contributed by atoms with Crippen molar-refractivity contribution in [2.24, 2.45) is 0 Å². The average Bonchev–Trinajstić information content (AvgIpc) is 2.32. The van der Waals surface area contributed by atoms with Crippen molar-refractivity contribution in [3.8, 4) is 0 Å². The highest BCUT2D eigenvalue weighted by atomic mass is 16.7. The molecule has 1 saturated heterocycles. The minimum Gasteiger partial charge on any atom is -0.449 e. The molecule has 0 aromatic heterocycles. The molecule has 78 valence electrons. The maximum atomic E-state index is 10.1. The number of hydrogen-bond donors (Lipinski definition) is 3. The number of ether oxygens (including phenoxy) is 1. The van der Waals surface area contributed by atoms with Crippen molar-refractivity contribution in [2.75, 3.05) is 0 Å². The molecule has 8 heteroatoms. The Labute approximate surface area is 77.5 Å². The Morgan fingerprint density at radius 3 is 1.50 bits per heavy atom. The van der Waals surface area contributed by atoms with Crippen LogP contribution in [0.4, 0.5) is 9.59 Å². The Kier molecular flexibility index (Phi) is 4.68. The second kappa shape index (κ2) is 5.51. The van der Waals surface area contributed by atoms with Gasteiger partial charge in [0.15, 0.2) is 0 Å². The van der Waals surface area contributed by atoms with Gasteiger partial charge >= 0.3 is 12.3 Å². The van der Waals surface area contributed by atoms with Crippen molar-refractivity contribution >= 4 is 24.1 Å². The van der Waals surface area contributed by atoms with E-state index in [9.17, 15) is 19.2 Å². The summed E-state index contributed by atoms with van der Waals surface area (Å²) in [5.41, 5.74) is 0. The molecule has 0 unspecified atom stereocenters. The number of hydrogen-bond acceptors (Lipinski definition) is 5. The van der Waals surface area contributed by atoms with E-state index in [-0.39, 0.29) is 11.8 Å². The molecule has 14 heavy (non-hydrogen) atoms. The van der Waals surface area contributed by atoms with Gasteiger partial charge in [-0.05, 0) is 0 Å². The molecule has 1 rings (SSSR count). The first-order chi connectivity index (χ1) is 6.41. The van der Waals surface area contributed by atoms with E-state index < -0.39 is 12.3 Å². The normalized spacial score (nSPS) is 13.7. The zero-order chi connectivity index (χ0) is 11.1. The number of imide groups is 1. The maximum absolute atomic E-state index is 10.1. The largest absolute Gasteiger partial charge is 0.516 e. The zero-order valence-corrected chi connectivity index (χ0v) is 6.85. The summed E-state index contributed by atoms with van der Waals surface area (Å²) in [5.74, 6) is -0.296. The molecule has 1 fully saturated rings. The van der Waals surface area contributed by atoms with E-state index in [0.717, 1.165) is 0 Å². The molecule has 0 aromatic rings. The van der Waals surface area contributed by atoms with Gasteiger partial charge in [0.25, 0.3) is 0 Å². The fourth-order valence-electron chi connectivity index (χ4n) is 0.582. The number of carbonyl (C=O) groups excluding carboxylic acids is 2. The number of amides is 2. The Morgan fingerprint density at radius 2 is 1.43 bits per heavy atom. The lowest BCUT2D eigenvalue weighted by Gasteiger charge is -1.84. The Balaban J connectivity index is 0.000000241. The van der Waals surface area contributed by atoms with Crippen LogP contribution in [-0.4, -0.2) is 34.3 Å². The molecule has 0 radical (unpaired) electrons. The van der Waals surface area contributed by atoms with Gasteiger partial charge in [-0.15, -0.1) is 0 Å². The Hall–Kier alpha value is -2.12. The summed E-state index contributed by atoms with van der Waals surface area (Å²) < 4.78 is 3.08. The molecular weight excluding hydrogens is 198 g/mol. The highest BCUT2D eigenvalue weighted by Gasteiger charge is 2.15. The molecular formula is C6H7NO7. The van der Waals surface area contributed by atoms with Gasteiger partial charge in [0, 0.05) is 12.8 Å². The van der Waals surface area contributed by atoms with E-state index in [2.05, 4.69) is 10.1 Å². The second-order valence-corrected chi connectivity index (χ2v) is 2.11. The molecule has 3 N–H and O–H groups in total. The SMILES string of the molecule is O=C(O)OC(=O)O.O=C1CCC(=O)N1. The van der Waals surface area contributed by atoms with Gasteiger partial charge in [-0.2, -0.15) is 0 Å². The first kappa shape index (κ1) is 11.9. The lowest BCUT2D eigenvalue weighted by molar-refractivity contribution is -0.124. The van der Waals surface area contributed by atoms with Crippen LogP contribution in [0.5, 0.6) is 0 Å². The molecule has 1 aliphatic heterocycles. The predicted octanol–water partition coefficient (Wildman–Crippen LogP) is -0.218. The van der Waals surface area contributed by atoms with Crippen LogP contribution in [0.3, 0.4) is 0 Å². The Bertz CT molecular complexity index is 245. The van der Waals surface area contributed by atoms with E-state index in [4.69, 9.17) is 10.2 Å². The van der Waals surface area contributed by atoms with Crippen molar-refractivity contribution < 1.29 is 34.1 Å². The fraction of sp³-hybridized carbons (Fsp3) is 0.333. The van der Waals surface area contributed by atoms with Crippen LogP contribution in [0.1, 0.15) is 12.8 Å². The first-order valence-electron chi connectivity index (χ1n) is 3.38. The van der Waals surface area contributed by atoms with Crippen molar-refractivity contribution in [1.82, 2.24) is 5.32 Å². The van der Waals surface area contributed by atoms with E-state index in [1.54, 1.807) is 0 Å². The van der Waals surface area contributed by atoms with E-state index >= 15 is 0 Å². The van der Waals surface area contributed by atoms with Gasteiger partial charge in [-0.3, -0.25) is 14.9 Å². The van der Waals surface area contributed by atoms with Crippen LogP contribution in [0.15, 0.2) is 0 Å². The monoisotopic (exact) mass is 205 g/mol. The zero-order valence-electron chi connectivity index (χ0n) is 6.85. The topological polar surface area (TPSA) is 130 Å². The molecule has 0 saturated carbocycles. The van der Waals surface area contributed by atoms with Crippen LogP contribution in [0.2, 0.25) is 0 Å². The highest BCUT2D eigenvalue weighted by Crippen LogP contribution is 1.95. The highest BCUT2D eigenvalue weighted by molar-refractivity contribution is 6.01. The van der Waals surface area contributed by atoms with Crippen molar-refractivity contribution in [1.29, 1.82) is 0 Å². The molecule has 1 heterocycles. The van der Waals surface area contributed by atoms with Gasteiger partial charge in [0.05, 0.1) is 0 Å². The van der Waals surface area contributed by atoms with E-state index in [1.165, 1.54) is 0 Å². The summed E-state index contributed by atoms with van der Waals surface area (Å²) in [5, 5.41) is 17.1. The Morgan fingerprint density at radius 1 is 1.07 bits per heavy atom. The summed E-state index contributed by atoms with van der Waals surface area (Å²) in [6, 6.07) is 0. The van der Waals surface area contributed by atoms with Gasteiger partial charge in [-0.1, -0.05) is 0 Å². The first-order valence-corrected chi connectivity index (χ1v) is 3.38. The summed E-state index contributed by atoms with van der Waals surface area (Å²) in [4.78, 5) is 38.7. The van der Waals surface area contributed by atoms with E-state index in [0.29, 0.717) is 12.8 Å². The van der Waals surface area contributed by atoms with Crippen LogP contribution >= 0.6 is 0 Å². The lowest BCUT2D eigenvalue weighted by Crippen LogP contribution is -2.18. The minimum absolute atomic E-state index is 0.148. The van der Waals surface area contributed by atoms with Crippen LogP contribution in [0.25, 0.3) is 0 Å².